The Morgan fingerprint density at radius 3 is 1.86 bits per heavy atom. The van der Waals surface area contributed by atoms with Crippen LogP contribution in [0.15, 0.2) is 133 Å². The van der Waals surface area contributed by atoms with Gasteiger partial charge in [0.25, 0.3) is 0 Å². The van der Waals surface area contributed by atoms with Gasteiger partial charge >= 0.3 is 6.85 Å². The van der Waals surface area contributed by atoms with Crippen molar-refractivity contribution in [2.24, 2.45) is 0 Å². The number of aryl methyl sites for hydroxylation is 2. The molecule has 0 aliphatic carbocycles. The first kappa shape index (κ1) is 38.4. The third-order valence-corrected chi connectivity index (χ3v) is 14.7. The third-order valence-electron chi connectivity index (χ3n) is 14.7. The van der Waals surface area contributed by atoms with Crippen LogP contribution in [0.3, 0.4) is 0 Å². The first-order valence-corrected chi connectivity index (χ1v) is 23.0. The summed E-state index contributed by atoms with van der Waals surface area (Å²) in [5.74, 6) is 0. The molecule has 0 amide bonds. The largest absolute Gasteiger partial charge is 0.375 e. The van der Waals surface area contributed by atoms with Gasteiger partial charge in [0, 0.05) is 49.2 Å². The predicted octanol–water partition coefficient (Wildman–Crippen LogP) is 14.8. The first-order chi connectivity index (χ1) is 30.0. The molecule has 4 heterocycles. The molecule has 8 aromatic carbocycles. The molecule has 0 spiro atoms. The van der Waals surface area contributed by atoms with Crippen LogP contribution < -0.4 is 10.9 Å². The van der Waals surface area contributed by atoms with E-state index in [1.807, 2.05) is 0 Å². The average molecular weight is 815 g/mol. The molecule has 0 unspecified atom stereocenters. The predicted molar refractivity (Wildman–Crippen MR) is 274 cm³/mol. The highest BCUT2D eigenvalue weighted by Crippen LogP contribution is 2.48. The van der Waals surface area contributed by atoms with E-state index in [0.717, 1.165) is 0 Å². The van der Waals surface area contributed by atoms with Crippen LogP contribution in [0.25, 0.3) is 93.5 Å². The quantitative estimate of drug-likeness (QED) is 0.154. The Bertz CT molecular complexity index is 3630. The Labute approximate surface area is 372 Å². The van der Waals surface area contributed by atoms with Crippen molar-refractivity contribution in [2.75, 3.05) is 0 Å². The van der Waals surface area contributed by atoms with Gasteiger partial charge in [0.1, 0.15) is 0 Å². The lowest BCUT2D eigenvalue weighted by atomic mass is 9.45. The Kier molecular flexibility index (Phi) is 7.71. The Hall–Kier alpha value is -6.32. The monoisotopic (exact) mass is 814 g/mol. The summed E-state index contributed by atoms with van der Waals surface area (Å²) in [5.41, 5.74) is 23.7. The summed E-state index contributed by atoms with van der Waals surface area (Å²) in [7, 11) is 0. The van der Waals surface area contributed by atoms with E-state index < -0.39 is 0 Å². The van der Waals surface area contributed by atoms with Crippen LogP contribution in [0, 0.1) is 13.8 Å². The SMILES string of the molecule is Cc1ccc(-c2cc3c4c(c2)-n2c5c(cc(-c6ccc(C(C)(C)C)cc6)cc5c5ccc6ccccc6c52)B4n2c4ccc(C(C)(C)C)cc4c4cc(C(C)(C)C)cc-3c42)c(C)c1. The molecule has 0 N–H and O–H groups in total. The van der Waals surface area contributed by atoms with E-state index in [1.54, 1.807) is 0 Å². The zero-order valence-corrected chi connectivity index (χ0v) is 38.7. The maximum atomic E-state index is 2.75. The van der Waals surface area contributed by atoms with Crippen molar-refractivity contribution in [2.45, 2.75) is 92.4 Å². The van der Waals surface area contributed by atoms with E-state index in [-0.39, 0.29) is 23.1 Å². The van der Waals surface area contributed by atoms with Crippen LogP contribution in [0.5, 0.6) is 0 Å². The van der Waals surface area contributed by atoms with Gasteiger partial charge in [0.15, 0.2) is 0 Å². The van der Waals surface area contributed by atoms with Crippen LogP contribution >= 0.6 is 0 Å². The highest BCUT2D eigenvalue weighted by Gasteiger charge is 2.43. The summed E-state index contributed by atoms with van der Waals surface area (Å²) in [6.07, 6.45) is 0. The second-order valence-corrected chi connectivity index (χ2v) is 22.0. The lowest BCUT2D eigenvalue weighted by Crippen LogP contribution is -2.55. The van der Waals surface area contributed by atoms with E-state index in [1.165, 1.54) is 132 Å². The smallest absolute Gasteiger partial charge is 0.333 e. The maximum absolute atomic E-state index is 2.75. The highest BCUT2D eigenvalue weighted by molar-refractivity contribution is 6.90. The molecule has 2 aromatic heterocycles. The van der Waals surface area contributed by atoms with Crippen LogP contribution in [-0.2, 0) is 16.2 Å². The van der Waals surface area contributed by atoms with Gasteiger partial charge in [-0.2, -0.15) is 0 Å². The molecule has 0 atom stereocenters. The number of aromatic nitrogens is 2. The lowest BCUT2D eigenvalue weighted by Gasteiger charge is -2.35. The number of hydrogen-bond acceptors (Lipinski definition) is 0. The van der Waals surface area contributed by atoms with Gasteiger partial charge in [0.05, 0.1) is 11.0 Å². The number of fused-ring (bicyclic) bond motifs is 12. The molecule has 308 valence electrons. The Balaban J connectivity index is 1.31. The van der Waals surface area contributed by atoms with E-state index in [2.05, 4.69) is 219 Å². The Morgan fingerprint density at radius 1 is 0.429 bits per heavy atom. The van der Waals surface area contributed by atoms with Crippen LogP contribution in [0.2, 0.25) is 0 Å². The summed E-state index contributed by atoms with van der Waals surface area (Å²) in [4.78, 5) is 0. The van der Waals surface area contributed by atoms with E-state index in [4.69, 9.17) is 0 Å². The lowest BCUT2D eigenvalue weighted by molar-refractivity contribution is 0.590. The van der Waals surface area contributed by atoms with Crippen LogP contribution in [0.1, 0.15) is 90.1 Å². The molecule has 63 heavy (non-hydrogen) atoms. The molecular formula is C60H55BN2. The highest BCUT2D eigenvalue weighted by atomic mass is 15.0. The molecule has 0 radical (unpaired) electrons. The second-order valence-electron chi connectivity index (χ2n) is 22.0. The van der Waals surface area contributed by atoms with Crippen molar-refractivity contribution in [3.63, 3.8) is 0 Å². The summed E-state index contributed by atoms with van der Waals surface area (Å²) >= 11 is 0. The molecule has 2 nitrogen and oxygen atoms in total. The maximum Gasteiger partial charge on any atom is 0.333 e. The summed E-state index contributed by atoms with van der Waals surface area (Å²) in [6.45, 7) is 25.5. The van der Waals surface area contributed by atoms with Crippen molar-refractivity contribution in [3.05, 3.63) is 161 Å². The van der Waals surface area contributed by atoms with Crippen molar-refractivity contribution in [1.29, 1.82) is 0 Å². The van der Waals surface area contributed by atoms with Crippen molar-refractivity contribution >= 4 is 72.2 Å². The van der Waals surface area contributed by atoms with Crippen LogP contribution in [0.4, 0.5) is 0 Å². The fraction of sp³-hybridized carbons (Fsp3) is 0.233. The van der Waals surface area contributed by atoms with Crippen molar-refractivity contribution < 1.29 is 0 Å². The second kappa shape index (κ2) is 12.7. The van der Waals surface area contributed by atoms with Gasteiger partial charge in [-0.3, -0.25) is 0 Å². The van der Waals surface area contributed by atoms with Crippen molar-refractivity contribution in [3.8, 4) is 39.1 Å². The number of benzene rings is 8. The molecule has 2 aliphatic rings. The molecule has 0 bridgehead atoms. The number of nitrogens with zero attached hydrogens (tertiary/aromatic N) is 2. The van der Waals surface area contributed by atoms with E-state index in [9.17, 15) is 0 Å². The van der Waals surface area contributed by atoms with Gasteiger partial charge in [-0.25, -0.2) is 0 Å². The molecular weight excluding hydrogens is 759 g/mol. The number of rotatable bonds is 2. The van der Waals surface area contributed by atoms with E-state index in [0.29, 0.717) is 0 Å². The van der Waals surface area contributed by atoms with Gasteiger partial charge < -0.3 is 9.05 Å². The Morgan fingerprint density at radius 2 is 1.13 bits per heavy atom. The van der Waals surface area contributed by atoms with Gasteiger partial charge in [0.2, 0.25) is 0 Å². The molecule has 2 aliphatic heterocycles. The zero-order valence-electron chi connectivity index (χ0n) is 38.7. The standard InChI is InChI=1S/C60H55BN2/c1-34-16-23-43(35(2)26-34)39-28-47-50-33-42(60(9,10)11)32-49-46-31-41(59(6,7)8)22-25-52(46)63(56(49)50)61-51-29-38(36-17-20-40(21-18-36)58(3,4)5)27-48-45-24-19-37-14-12-13-15-44(37)55(45)62(57(48)51)53(30-39)54(47)61/h12-33H,1-11H3. The summed E-state index contributed by atoms with van der Waals surface area (Å²) in [5, 5.41) is 7.85. The minimum absolute atomic E-state index is 0.0157. The van der Waals surface area contributed by atoms with Crippen molar-refractivity contribution in [1.82, 2.24) is 9.05 Å². The first-order valence-electron chi connectivity index (χ1n) is 23.0. The zero-order chi connectivity index (χ0) is 43.6. The summed E-state index contributed by atoms with van der Waals surface area (Å²) < 4.78 is 5.43. The van der Waals surface area contributed by atoms with E-state index >= 15 is 0 Å². The van der Waals surface area contributed by atoms with Gasteiger partial charge in [-0.1, -0.05) is 159 Å². The normalized spacial score (nSPS) is 13.6. The number of hydrogen-bond donors (Lipinski definition) is 0. The molecule has 0 saturated carbocycles. The minimum Gasteiger partial charge on any atom is -0.375 e. The fourth-order valence-electron chi connectivity index (χ4n) is 11.3. The van der Waals surface area contributed by atoms with Crippen LogP contribution in [-0.4, -0.2) is 15.9 Å². The minimum atomic E-state index is -0.0471. The molecule has 10 aromatic rings. The average Bonchev–Trinajstić information content (AvgIpc) is 3.76. The summed E-state index contributed by atoms with van der Waals surface area (Å²) in [6, 6.07) is 52.6. The van der Waals surface area contributed by atoms with Gasteiger partial charge in [-0.15, -0.1) is 0 Å². The molecule has 0 saturated heterocycles. The topological polar surface area (TPSA) is 9.86 Å². The fourth-order valence-corrected chi connectivity index (χ4v) is 11.3. The molecule has 3 heteroatoms. The van der Waals surface area contributed by atoms with Gasteiger partial charge in [-0.05, 0) is 139 Å². The third kappa shape index (κ3) is 5.44. The molecule has 12 rings (SSSR count). The molecule has 0 fully saturated rings.